The molecule has 1 aliphatic rings. The minimum absolute atomic E-state index is 0.00544. The predicted molar refractivity (Wildman–Crippen MR) is 113 cm³/mol. The number of para-hydroxylation sites is 1. The van der Waals surface area contributed by atoms with Crippen LogP contribution < -0.4 is 10.6 Å². The number of benzene rings is 2. The second kappa shape index (κ2) is 7.32. The molecule has 0 unspecified atom stereocenters. The van der Waals surface area contributed by atoms with Crippen LogP contribution in [0.2, 0.25) is 0 Å². The van der Waals surface area contributed by atoms with Crippen LogP contribution in [-0.4, -0.2) is 31.8 Å². The lowest BCUT2D eigenvalue weighted by Gasteiger charge is -2.18. The molecule has 2 aromatic heterocycles. The van der Waals surface area contributed by atoms with Gasteiger partial charge in [0, 0.05) is 34.5 Å². The predicted octanol–water partition coefficient (Wildman–Crippen LogP) is 2.97. The summed E-state index contributed by atoms with van der Waals surface area (Å²) in [5.41, 5.74) is 3.77. The minimum atomic E-state index is -0.248. The number of amidine groups is 1. The Hall–Kier alpha value is -4.20. The van der Waals surface area contributed by atoms with Gasteiger partial charge in [-0.2, -0.15) is 0 Å². The summed E-state index contributed by atoms with van der Waals surface area (Å²) in [6, 6.07) is 14.9. The molecule has 4 N–H and O–H groups in total. The second-order valence-corrected chi connectivity index (χ2v) is 6.90. The molecule has 0 radical (unpaired) electrons. The first-order valence-corrected chi connectivity index (χ1v) is 9.47. The first-order chi connectivity index (χ1) is 14.7. The maximum Gasteiger partial charge on any atom is 0.251 e. The second-order valence-electron chi connectivity index (χ2n) is 6.90. The van der Waals surface area contributed by atoms with E-state index in [4.69, 9.17) is 0 Å². The number of aromatic nitrogens is 3. The van der Waals surface area contributed by atoms with Crippen LogP contribution in [0.1, 0.15) is 27.3 Å². The maximum absolute atomic E-state index is 12.5. The molecule has 0 atom stereocenters. The molecule has 0 saturated carbocycles. The fourth-order valence-electron chi connectivity index (χ4n) is 3.50. The molecule has 0 bridgehead atoms. The standard InChI is InChI=1S/C22H18N6O2/c29-21(26-12-18-23-8-3-9-24-18)13-6-7-15-17(10-13)28-22(30)19(15)20-25-11-14-4-1-2-5-16(14)27-20/h1-10,28,30H,11-12H2,(H,25,27)(H,26,29). The maximum atomic E-state index is 12.5. The van der Waals surface area contributed by atoms with Crippen LogP contribution in [0.4, 0.5) is 5.69 Å². The lowest BCUT2D eigenvalue weighted by atomic mass is 10.1. The highest BCUT2D eigenvalue weighted by atomic mass is 16.3. The normalized spacial score (nSPS) is 12.7. The number of aliphatic imine (C=N–C) groups is 1. The smallest absolute Gasteiger partial charge is 0.251 e. The Labute approximate surface area is 171 Å². The monoisotopic (exact) mass is 398 g/mol. The number of anilines is 1. The summed E-state index contributed by atoms with van der Waals surface area (Å²) in [7, 11) is 0. The number of nitrogens with zero attached hydrogens (tertiary/aromatic N) is 3. The fourth-order valence-corrected chi connectivity index (χ4v) is 3.50. The Morgan fingerprint density at radius 2 is 1.93 bits per heavy atom. The van der Waals surface area contributed by atoms with Crippen LogP contribution in [0.5, 0.6) is 5.88 Å². The molecule has 5 rings (SSSR count). The van der Waals surface area contributed by atoms with Gasteiger partial charge in [-0.1, -0.05) is 24.3 Å². The van der Waals surface area contributed by atoms with Gasteiger partial charge in [0.2, 0.25) is 5.88 Å². The average Bonchev–Trinajstić information content (AvgIpc) is 3.12. The molecule has 0 fully saturated rings. The van der Waals surface area contributed by atoms with Crippen molar-refractivity contribution in [3.8, 4) is 5.88 Å². The Morgan fingerprint density at radius 1 is 1.10 bits per heavy atom. The minimum Gasteiger partial charge on any atom is -0.494 e. The first-order valence-electron chi connectivity index (χ1n) is 9.47. The Balaban J connectivity index is 1.41. The van der Waals surface area contributed by atoms with E-state index in [2.05, 4.69) is 30.6 Å². The van der Waals surface area contributed by atoms with Crippen molar-refractivity contribution in [3.05, 3.63) is 83.4 Å². The number of fused-ring (bicyclic) bond motifs is 2. The van der Waals surface area contributed by atoms with E-state index in [-0.39, 0.29) is 18.3 Å². The summed E-state index contributed by atoms with van der Waals surface area (Å²) in [5, 5.41) is 17.4. The highest BCUT2D eigenvalue weighted by Gasteiger charge is 2.21. The molecule has 4 aromatic rings. The van der Waals surface area contributed by atoms with Crippen molar-refractivity contribution in [2.75, 3.05) is 5.32 Å². The topological polar surface area (TPSA) is 115 Å². The van der Waals surface area contributed by atoms with Gasteiger partial charge in [0.25, 0.3) is 5.91 Å². The SMILES string of the molecule is O=C(NCc1ncccn1)c1ccc2c(C3=NCc4ccccc4N3)c(O)[nH]c2c1. The van der Waals surface area contributed by atoms with Crippen LogP contribution >= 0.6 is 0 Å². The van der Waals surface area contributed by atoms with Crippen LogP contribution in [0.25, 0.3) is 10.9 Å². The number of hydrogen-bond acceptors (Lipinski definition) is 6. The first kappa shape index (κ1) is 17.9. The van der Waals surface area contributed by atoms with Gasteiger partial charge in [0.1, 0.15) is 11.7 Å². The third-order valence-corrected chi connectivity index (χ3v) is 4.98. The van der Waals surface area contributed by atoms with E-state index in [0.717, 1.165) is 16.6 Å². The number of amides is 1. The fraction of sp³-hybridized carbons (Fsp3) is 0.0909. The molecule has 0 saturated heterocycles. The quantitative estimate of drug-likeness (QED) is 0.422. The van der Waals surface area contributed by atoms with Gasteiger partial charge >= 0.3 is 0 Å². The third kappa shape index (κ3) is 3.24. The van der Waals surface area contributed by atoms with E-state index in [1.165, 1.54) is 0 Å². The van der Waals surface area contributed by atoms with Gasteiger partial charge in [-0.15, -0.1) is 0 Å². The van der Waals surface area contributed by atoms with E-state index in [9.17, 15) is 9.90 Å². The van der Waals surface area contributed by atoms with Gasteiger partial charge in [-0.05, 0) is 29.8 Å². The average molecular weight is 398 g/mol. The number of H-pyrrole nitrogens is 1. The van der Waals surface area contributed by atoms with Gasteiger partial charge in [-0.25, -0.2) is 9.97 Å². The Kier molecular flexibility index (Phi) is 4.36. The van der Waals surface area contributed by atoms with Crippen molar-refractivity contribution in [1.29, 1.82) is 0 Å². The lowest BCUT2D eigenvalue weighted by Crippen LogP contribution is -2.23. The third-order valence-electron chi connectivity index (χ3n) is 4.98. The zero-order valence-electron chi connectivity index (χ0n) is 15.9. The summed E-state index contributed by atoms with van der Waals surface area (Å²) in [5.74, 6) is 0.886. The largest absolute Gasteiger partial charge is 0.494 e. The molecule has 8 heteroatoms. The zero-order chi connectivity index (χ0) is 20.5. The lowest BCUT2D eigenvalue weighted by molar-refractivity contribution is 0.0950. The van der Waals surface area contributed by atoms with Gasteiger partial charge in [0.15, 0.2) is 0 Å². The Morgan fingerprint density at radius 3 is 2.80 bits per heavy atom. The summed E-state index contributed by atoms with van der Waals surface area (Å²) in [4.78, 5) is 28.2. The number of aromatic hydroxyl groups is 1. The van der Waals surface area contributed by atoms with Crippen molar-refractivity contribution in [3.63, 3.8) is 0 Å². The van der Waals surface area contributed by atoms with E-state index < -0.39 is 0 Å². The van der Waals surface area contributed by atoms with Crippen molar-refractivity contribution < 1.29 is 9.90 Å². The van der Waals surface area contributed by atoms with Gasteiger partial charge in [0.05, 0.1) is 18.7 Å². The molecule has 0 spiro atoms. The number of nitrogens with one attached hydrogen (secondary N) is 3. The van der Waals surface area contributed by atoms with Crippen LogP contribution in [-0.2, 0) is 13.1 Å². The molecule has 3 heterocycles. The molecule has 0 aliphatic carbocycles. The van der Waals surface area contributed by atoms with Gasteiger partial charge < -0.3 is 20.7 Å². The molecule has 30 heavy (non-hydrogen) atoms. The zero-order valence-corrected chi connectivity index (χ0v) is 15.9. The van der Waals surface area contributed by atoms with Crippen LogP contribution in [0, 0.1) is 0 Å². The summed E-state index contributed by atoms with van der Waals surface area (Å²) in [6.07, 6.45) is 3.26. The van der Waals surface area contributed by atoms with E-state index >= 15 is 0 Å². The van der Waals surface area contributed by atoms with Crippen LogP contribution in [0.15, 0.2) is 65.9 Å². The Bertz CT molecular complexity index is 1280. The van der Waals surface area contributed by atoms with E-state index in [1.807, 2.05) is 24.3 Å². The number of carbonyl (C=O) groups excluding carboxylic acids is 1. The highest BCUT2D eigenvalue weighted by molar-refractivity contribution is 6.18. The molecular weight excluding hydrogens is 380 g/mol. The molecular formula is C22H18N6O2. The highest BCUT2D eigenvalue weighted by Crippen LogP contribution is 2.31. The molecule has 148 valence electrons. The van der Waals surface area contributed by atoms with E-state index in [1.54, 1.807) is 36.7 Å². The number of carbonyl (C=O) groups is 1. The summed E-state index contributed by atoms with van der Waals surface area (Å²) in [6.45, 7) is 0.770. The van der Waals surface area contributed by atoms with Gasteiger partial charge in [-0.3, -0.25) is 9.79 Å². The van der Waals surface area contributed by atoms with Crippen molar-refractivity contribution in [2.45, 2.75) is 13.1 Å². The number of rotatable bonds is 4. The molecule has 8 nitrogen and oxygen atoms in total. The number of hydrogen-bond donors (Lipinski definition) is 4. The summed E-state index contributed by atoms with van der Waals surface area (Å²) >= 11 is 0. The summed E-state index contributed by atoms with van der Waals surface area (Å²) < 4.78 is 0. The van der Waals surface area contributed by atoms with Crippen molar-refractivity contribution in [2.24, 2.45) is 4.99 Å². The van der Waals surface area contributed by atoms with Crippen LogP contribution in [0.3, 0.4) is 0 Å². The molecule has 2 aromatic carbocycles. The number of aromatic amines is 1. The molecule has 1 aliphatic heterocycles. The van der Waals surface area contributed by atoms with Crippen molar-refractivity contribution in [1.82, 2.24) is 20.3 Å². The van der Waals surface area contributed by atoms with Crippen molar-refractivity contribution >= 4 is 28.3 Å². The van der Waals surface area contributed by atoms with E-state index in [0.29, 0.717) is 34.8 Å². The molecule has 1 amide bonds.